The van der Waals surface area contributed by atoms with E-state index in [-0.39, 0.29) is 28.8 Å². The van der Waals surface area contributed by atoms with Crippen molar-refractivity contribution in [3.05, 3.63) is 27.1 Å². The maximum atomic E-state index is 12.2. The summed E-state index contributed by atoms with van der Waals surface area (Å²) in [5.74, 6) is 0.404. The molecule has 0 amide bonds. The number of hydrogen-bond acceptors (Lipinski definition) is 5. The van der Waals surface area contributed by atoms with E-state index >= 15 is 0 Å². The highest BCUT2D eigenvalue weighted by Gasteiger charge is 2.17. The number of thiophene rings is 1. The molecule has 7 heteroatoms. The van der Waals surface area contributed by atoms with E-state index in [9.17, 15) is 13.2 Å². The van der Waals surface area contributed by atoms with Gasteiger partial charge in [-0.3, -0.25) is 4.79 Å². The van der Waals surface area contributed by atoms with Gasteiger partial charge in [-0.2, -0.15) is 0 Å². The zero-order valence-electron chi connectivity index (χ0n) is 12.5. The maximum Gasteiger partial charge on any atom is 0.259 e. The number of aromatic nitrogens is 2. The van der Waals surface area contributed by atoms with E-state index < -0.39 is 9.84 Å². The van der Waals surface area contributed by atoms with Crippen LogP contribution in [0.5, 0.6) is 0 Å². The highest BCUT2D eigenvalue weighted by atomic mass is 32.2. The molecular weight excluding hydrogens is 308 g/mol. The van der Waals surface area contributed by atoms with Crippen LogP contribution in [0.1, 0.15) is 50.9 Å². The molecule has 0 aromatic carbocycles. The van der Waals surface area contributed by atoms with Gasteiger partial charge in [0.2, 0.25) is 0 Å². The summed E-state index contributed by atoms with van der Waals surface area (Å²) in [4.78, 5) is 19.8. The van der Waals surface area contributed by atoms with Crippen LogP contribution < -0.4 is 5.56 Å². The molecule has 0 spiro atoms. The Morgan fingerprint density at radius 3 is 2.71 bits per heavy atom. The lowest BCUT2D eigenvalue weighted by atomic mass is 10.0. The average Bonchev–Trinajstić information content (AvgIpc) is 2.80. The van der Waals surface area contributed by atoms with Gasteiger partial charge in [0.1, 0.15) is 16.4 Å². The Labute approximate surface area is 128 Å². The summed E-state index contributed by atoms with van der Waals surface area (Å²) in [7, 11) is -3.22. The molecule has 0 aliphatic heterocycles. The van der Waals surface area contributed by atoms with Crippen molar-refractivity contribution in [1.29, 1.82) is 0 Å². The molecule has 2 aromatic rings. The first kappa shape index (κ1) is 16.2. The van der Waals surface area contributed by atoms with Crippen molar-refractivity contribution in [2.75, 3.05) is 5.75 Å². The molecule has 0 atom stereocenters. The monoisotopic (exact) mass is 328 g/mol. The molecule has 2 aromatic heterocycles. The minimum atomic E-state index is -3.22. The van der Waals surface area contributed by atoms with Crippen LogP contribution in [-0.4, -0.2) is 24.1 Å². The van der Waals surface area contributed by atoms with Crippen LogP contribution >= 0.6 is 11.3 Å². The van der Waals surface area contributed by atoms with Gasteiger partial charge < -0.3 is 4.98 Å². The second-order valence-electron chi connectivity index (χ2n) is 5.48. The Balaban J connectivity index is 2.38. The lowest BCUT2D eigenvalue weighted by molar-refractivity contribution is 0.590. The van der Waals surface area contributed by atoms with Gasteiger partial charge in [-0.25, -0.2) is 13.4 Å². The van der Waals surface area contributed by atoms with Gasteiger partial charge in [-0.05, 0) is 23.3 Å². The van der Waals surface area contributed by atoms with Gasteiger partial charge in [0.15, 0.2) is 9.84 Å². The molecule has 21 heavy (non-hydrogen) atoms. The Hall–Kier alpha value is -1.21. The first-order chi connectivity index (χ1) is 9.84. The molecule has 1 N–H and O–H groups in total. The number of nitrogens with zero attached hydrogens (tertiary/aromatic N) is 1. The Bertz CT molecular complexity index is 788. The standard InChI is InChI=1S/C14H20N2O3S2/c1-4-5-6-21(18,19)8-11-15-13(17)12-10(9(2)3)7-20-14(12)16-11/h7,9H,4-6,8H2,1-3H3,(H,15,16,17). The van der Waals surface area contributed by atoms with E-state index in [2.05, 4.69) is 9.97 Å². The van der Waals surface area contributed by atoms with Crippen molar-refractivity contribution < 1.29 is 8.42 Å². The number of rotatable bonds is 6. The highest BCUT2D eigenvalue weighted by molar-refractivity contribution is 7.90. The summed E-state index contributed by atoms with van der Waals surface area (Å²) in [6.07, 6.45) is 1.45. The largest absolute Gasteiger partial charge is 0.309 e. The number of fused-ring (bicyclic) bond motifs is 1. The third-order valence-corrected chi connectivity index (χ3v) is 5.82. The number of aromatic amines is 1. The Kier molecular flexibility index (Phi) is 4.83. The number of H-pyrrole nitrogens is 1. The first-order valence-corrected chi connectivity index (χ1v) is 9.75. The average molecular weight is 328 g/mol. The number of hydrogen-bond donors (Lipinski definition) is 1. The quantitative estimate of drug-likeness (QED) is 0.884. The smallest absolute Gasteiger partial charge is 0.259 e. The second-order valence-corrected chi connectivity index (χ2v) is 8.53. The summed E-state index contributed by atoms with van der Waals surface area (Å²) in [5.41, 5.74) is 0.717. The van der Waals surface area contributed by atoms with Crippen LogP contribution in [0.15, 0.2) is 10.2 Å². The molecule has 0 saturated heterocycles. The van der Waals surface area contributed by atoms with Crippen LogP contribution in [0, 0.1) is 0 Å². The van der Waals surface area contributed by atoms with Crippen molar-refractivity contribution >= 4 is 31.4 Å². The van der Waals surface area contributed by atoms with E-state index in [4.69, 9.17) is 0 Å². The van der Waals surface area contributed by atoms with Gasteiger partial charge in [-0.1, -0.05) is 27.2 Å². The van der Waals surface area contributed by atoms with Gasteiger partial charge in [0.25, 0.3) is 5.56 Å². The van der Waals surface area contributed by atoms with Crippen LogP contribution in [0.3, 0.4) is 0 Å². The van der Waals surface area contributed by atoms with Crippen LogP contribution in [0.4, 0.5) is 0 Å². The topological polar surface area (TPSA) is 79.9 Å². The highest BCUT2D eigenvalue weighted by Crippen LogP contribution is 2.27. The second kappa shape index (κ2) is 6.27. The van der Waals surface area contributed by atoms with E-state index in [1.807, 2.05) is 26.2 Å². The molecule has 0 aliphatic rings. The third kappa shape index (κ3) is 3.71. The number of unbranched alkanes of at least 4 members (excludes halogenated alkanes) is 1. The zero-order valence-corrected chi connectivity index (χ0v) is 14.1. The SMILES string of the molecule is CCCCS(=O)(=O)Cc1nc2scc(C(C)C)c2c(=O)[nH]1. The van der Waals surface area contributed by atoms with Crippen LogP contribution in [0.25, 0.3) is 10.2 Å². The maximum absolute atomic E-state index is 12.2. The predicted molar refractivity (Wildman–Crippen MR) is 86.7 cm³/mol. The van der Waals surface area contributed by atoms with E-state index in [0.29, 0.717) is 16.6 Å². The summed E-state index contributed by atoms with van der Waals surface area (Å²) in [5, 5.41) is 2.51. The molecule has 5 nitrogen and oxygen atoms in total. The molecule has 2 heterocycles. The van der Waals surface area contributed by atoms with Gasteiger partial charge >= 0.3 is 0 Å². The van der Waals surface area contributed by atoms with E-state index in [1.54, 1.807) is 0 Å². The van der Waals surface area contributed by atoms with E-state index in [1.165, 1.54) is 11.3 Å². The number of sulfone groups is 1. The molecule has 0 saturated carbocycles. The zero-order chi connectivity index (χ0) is 15.6. The summed E-state index contributed by atoms with van der Waals surface area (Å²) in [6.45, 7) is 5.98. The summed E-state index contributed by atoms with van der Waals surface area (Å²) in [6, 6.07) is 0. The minimum Gasteiger partial charge on any atom is -0.309 e. The molecule has 2 rings (SSSR count). The fraction of sp³-hybridized carbons (Fsp3) is 0.571. The van der Waals surface area contributed by atoms with Crippen LogP contribution in [0.2, 0.25) is 0 Å². The lowest BCUT2D eigenvalue weighted by Gasteiger charge is -2.05. The molecule has 0 bridgehead atoms. The third-order valence-electron chi connectivity index (χ3n) is 3.31. The van der Waals surface area contributed by atoms with E-state index in [0.717, 1.165) is 12.0 Å². The molecule has 0 aliphatic carbocycles. The van der Waals surface area contributed by atoms with Gasteiger partial charge in [-0.15, -0.1) is 11.3 Å². The van der Waals surface area contributed by atoms with Crippen LogP contribution in [-0.2, 0) is 15.6 Å². The number of nitrogens with one attached hydrogen (secondary N) is 1. The Morgan fingerprint density at radius 2 is 2.10 bits per heavy atom. The Morgan fingerprint density at radius 1 is 1.38 bits per heavy atom. The normalized spacial score (nSPS) is 12.4. The minimum absolute atomic E-state index is 0.132. The first-order valence-electron chi connectivity index (χ1n) is 7.04. The summed E-state index contributed by atoms with van der Waals surface area (Å²) >= 11 is 1.39. The lowest BCUT2D eigenvalue weighted by Crippen LogP contribution is -2.17. The fourth-order valence-electron chi connectivity index (χ4n) is 2.15. The van der Waals surface area contributed by atoms with Crippen molar-refractivity contribution in [3.63, 3.8) is 0 Å². The molecule has 116 valence electrons. The van der Waals surface area contributed by atoms with Crippen molar-refractivity contribution in [3.8, 4) is 0 Å². The van der Waals surface area contributed by atoms with Crippen molar-refractivity contribution in [2.45, 2.75) is 45.3 Å². The molecule has 0 unspecified atom stereocenters. The van der Waals surface area contributed by atoms with Crippen molar-refractivity contribution in [1.82, 2.24) is 9.97 Å². The van der Waals surface area contributed by atoms with Gasteiger partial charge in [0.05, 0.1) is 11.1 Å². The molecule has 0 radical (unpaired) electrons. The molecular formula is C14H20N2O3S2. The molecule has 0 fully saturated rings. The van der Waals surface area contributed by atoms with Crippen molar-refractivity contribution in [2.24, 2.45) is 0 Å². The summed E-state index contributed by atoms with van der Waals surface area (Å²) < 4.78 is 23.9. The van der Waals surface area contributed by atoms with Gasteiger partial charge in [0, 0.05) is 0 Å². The predicted octanol–water partition coefficient (Wildman–Crippen LogP) is 2.82. The fourth-order valence-corrected chi connectivity index (χ4v) is 4.70.